The summed E-state index contributed by atoms with van der Waals surface area (Å²) in [6, 6.07) is 4.72. The second kappa shape index (κ2) is 5.93. The van der Waals surface area contributed by atoms with Gasteiger partial charge < -0.3 is 9.32 Å². The number of rotatable bonds is 1. The molecule has 0 atom stereocenters. The van der Waals surface area contributed by atoms with E-state index in [9.17, 15) is 14.4 Å². The van der Waals surface area contributed by atoms with Crippen molar-refractivity contribution < 1.29 is 14.0 Å². The molecule has 1 N–H and O–H groups in total. The Bertz CT molecular complexity index is 990. The third kappa shape index (κ3) is 2.81. The first-order valence-electron chi connectivity index (χ1n) is 6.94. The summed E-state index contributed by atoms with van der Waals surface area (Å²) in [5.41, 5.74) is 0.403. The Kier molecular flexibility index (Phi) is 3.94. The summed E-state index contributed by atoms with van der Waals surface area (Å²) in [6.45, 7) is 1.31. The zero-order chi connectivity index (χ0) is 17.4. The Balaban J connectivity index is 2.05. The molecule has 1 aliphatic rings. The number of carbonyl (C=O) groups is 2. The Hall–Kier alpha value is -2.93. The normalized spacial score (nSPS) is 16.0. The maximum atomic E-state index is 12.5. The number of nitrogens with one attached hydrogen (secondary N) is 1. The van der Waals surface area contributed by atoms with Gasteiger partial charge in [0, 0.05) is 19.0 Å². The van der Waals surface area contributed by atoms with E-state index in [1.165, 1.54) is 30.2 Å². The molecule has 7 nitrogen and oxygen atoms in total. The van der Waals surface area contributed by atoms with Crippen LogP contribution in [0.15, 0.2) is 44.4 Å². The van der Waals surface area contributed by atoms with Crippen molar-refractivity contribution in [2.24, 2.45) is 4.99 Å². The average molecular weight is 346 g/mol. The molecule has 0 radical (unpaired) electrons. The van der Waals surface area contributed by atoms with E-state index in [4.69, 9.17) is 16.0 Å². The van der Waals surface area contributed by atoms with E-state index in [2.05, 4.69) is 10.3 Å². The van der Waals surface area contributed by atoms with E-state index in [-0.39, 0.29) is 28.6 Å². The fraction of sp³-hybridized carbons (Fsp3) is 0.125. The summed E-state index contributed by atoms with van der Waals surface area (Å²) < 4.78 is 5.41. The molecule has 2 amide bonds. The highest BCUT2D eigenvalue weighted by molar-refractivity contribution is 6.31. The van der Waals surface area contributed by atoms with Crippen molar-refractivity contribution >= 4 is 46.4 Å². The maximum Gasteiger partial charge on any atom is 0.296 e. The molecule has 0 unspecified atom stereocenters. The lowest BCUT2D eigenvalue weighted by Gasteiger charge is -2.14. The van der Waals surface area contributed by atoms with Gasteiger partial charge in [0.25, 0.3) is 5.91 Å². The van der Waals surface area contributed by atoms with Gasteiger partial charge in [0.15, 0.2) is 5.43 Å². The van der Waals surface area contributed by atoms with Gasteiger partial charge in [-0.2, -0.15) is 4.99 Å². The van der Waals surface area contributed by atoms with E-state index >= 15 is 0 Å². The first-order chi connectivity index (χ1) is 11.4. The summed E-state index contributed by atoms with van der Waals surface area (Å²) in [5, 5.41) is 3.17. The zero-order valence-corrected chi connectivity index (χ0v) is 13.5. The molecule has 1 aromatic carbocycles. The van der Waals surface area contributed by atoms with Crippen LogP contribution in [0, 0.1) is 0 Å². The number of amides is 2. The number of hydrogen-bond donors (Lipinski definition) is 1. The van der Waals surface area contributed by atoms with Crippen molar-refractivity contribution in [3.05, 3.63) is 51.0 Å². The van der Waals surface area contributed by atoms with Gasteiger partial charge >= 0.3 is 0 Å². The summed E-state index contributed by atoms with van der Waals surface area (Å²) in [7, 11) is 1.56. The molecular weight excluding hydrogens is 334 g/mol. The number of fused-ring (bicyclic) bond motifs is 1. The zero-order valence-electron chi connectivity index (χ0n) is 12.8. The average Bonchev–Trinajstić information content (AvgIpc) is 2.77. The Labute approximate surface area is 141 Å². The second-order valence-corrected chi connectivity index (χ2v) is 5.61. The van der Waals surface area contributed by atoms with E-state index in [1.54, 1.807) is 19.2 Å². The van der Waals surface area contributed by atoms with Crippen molar-refractivity contribution in [1.82, 2.24) is 10.2 Å². The third-order valence-corrected chi connectivity index (χ3v) is 3.68. The van der Waals surface area contributed by atoms with Crippen molar-refractivity contribution in [3.8, 4) is 0 Å². The molecule has 0 saturated heterocycles. The molecule has 122 valence electrons. The molecule has 0 aliphatic carbocycles. The molecule has 0 fully saturated rings. The van der Waals surface area contributed by atoms with Crippen LogP contribution in [0.25, 0.3) is 17.0 Å². The summed E-state index contributed by atoms with van der Waals surface area (Å²) in [6.07, 6.45) is 2.63. The topological polar surface area (TPSA) is 92.0 Å². The van der Waals surface area contributed by atoms with Crippen molar-refractivity contribution in [2.75, 3.05) is 7.05 Å². The first kappa shape index (κ1) is 15.9. The van der Waals surface area contributed by atoms with Gasteiger partial charge in [-0.1, -0.05) is 11.6 Å². The fourth-order valence-electron chi connectivity index (χ4n) is 2.28. The monoisotopic (exact) mass is 345 g/mol. The third-order valence-electron chi connectivity index (χ3n) is 3.45. The molecule has 0 saturated carbocycles. The summed E-state index contributed by atoms with van der Waals surface area (Å²) >= 11 is 5.91. The summed E-state index contributed by atoms with van der Waals surface area (Å²) in [4.78, 5) is 40.8. The number of guanidine groups is 1. The van der Waals surface area contributed by atoms with Crippen LogP contribution in [0.4, 0.5) is 0 Å². The van der Waals surface area contributed by atoms with Crippen LogP contribution in [0.1, 0.15) is 12.5 Å². The van der Waals surface area contributed by atoms with Gasteiger partial charge in [0.1, 0.15) is 17.5 Å². The van der Waals surface area contributed by atoms with Crippen LogP contribution in [0.3, 0.4) is 0 Å². The molecule has 2 heterocycles. The Morgan fingerprint density at radius 3 is 2.83 bits per heavy atom. The highest BCUT2D eigenvalue weighted by Gasteiger charge is 2.27. The number of halogens is 1. The Morgan fingerprint density at radius 2 is 2.12 bits per heavy atom. The molecule has 0 bridgehead atoms. The predicted molar refractivity (Wildman–Crippen MR) is 89.5 cm³/mol. The molecule has 3 rings (SSSR count). The van der Waals surface area contributed by atoms with Crippen LogP contribution >= 0.6 is 11.6 Å². The molecular formula is C16H12ClN3O4. The van der Waals surface area contributed by atoms with Gasteiger partial charge in [-0.05, 0) is 24.3 Å². The number of benzene rings is 1. The number of likely N-dealkylation sites (N-methyl/N-ethyl adjacent to an activating group) is 1. The van der Waals surface area contributed by atoms with Crippen LogP contribution < -0.4 is 10.7 Å². The van der Waals surface area contributed by atoms with Gasteiger partial charge in [0.2, 0.25) is 11.9 Å². The van der Waals surface area contributed by atoms with Crippen LogP contribution in [0.2, 0.25) is 5.02 Å². The second-order valence-electron chi connectivity index (χ2n) is 5.17. The highest BCUT2D eigenvalue weighted by Crippen LogP contribution is 2.20. The smallest absolute Gasteiger partial charge is 0.296 e. The number of aliphatic imine (C=N–C) groups is 1. The highest BCUT2D eigenvalue weighted by atomic mass is 35.5. The fourth-order valence-corrected chi connectivity index (χ4v) is 2.45. The Morgan fingerprint density at radius 1 is 1.38 bits per heavy atom. The molecule has 1 aliphatic heterocycles. The number of hydrogen-bond acceptors (Lipinski definition) is 5. The molecule has 2 aromatic rings. The standard InChI is InChI=1S/C16H12ClN3O4/c1-8(21)18-16-19-15(23)12(20(16)2)5-9-7-24-13-4-3-10(17)6-11(13)14(9)22/h3-7H,1-2H3,(H,18,19,21,23)/b12-5+. The molecule has 1 aromatic heterocycles. The van der Waals surface area contributed by atoms with Crippen molar-refractivity contribution in [1.29, 1.82) is 0 Å². The number of carbonyl (C=O) groups excluding carboxylic acids is 2. The minimum atomic E-state index is -0.563. The van der Waals surface area contributed by atoms with Gasteiger partial charge in [-0.15, -0.1) is 0 Å². The van der Waals surface area contributed by atoms with E-state index < -0.39 is 5.91 Å². The molecule has 24 heavy (non-hydrogen) atoms. The van der Waals surface area contributed by atoms with E-state index in [1.807, 2.05) is 0 Å². The minimum absolute atomic E-state index is 0.104. The van der Waals surface area contributed by atoms with Gasteiger partial charge in [-0.3, -0.25) is 19.7 Å². The molecule has 0 spiro atoms. The SMILES string of the molecule is CC(=O)NC1=NC(=O)/C(=C\c2coc3ccc(Cl)cc3c2=O)N1C. The lowest BCUT2D eigenvalue weighted by atomic mass is 10.1. The van der Waals surface area contributed by atoms with E-state index in [0.29, 0.717) is 16.0 Å². The van der Waals surface area contributed by atoms with Gasteiger partial charge in [-0.25, -0.2) is 0 Å². The van der Waals surface area contributed by atoms with Gasteiger partial charge in [0.05, 0.1) is 10.9 Å². The van der Waals surface area contributed by atoms with Crippen LogP contribution in [0.5, 0.6) is 0 Å². The summed E-state index contributed by atoms with van der Waals surface area (Å²) in [5.74, 6) is -0.812. The van der Waals surface area contributed by atoms with Crippen molar-refractivity contribution in [2.45, 2.75) is 6.92 Å². The molecule has 8 heteroatoms. The lowest BCUT2D eigenvalue weighted by Crippen LogP contribution is -2.37. The van der Waals surface area contributed by atoms with Crippen LogP contribution in [-0.2, 0) is 9.59 Å². The largest absolute Gasteiger partial charge is 0.463 e. The predicted octanol–water partition coefficient (Wildman–Crippen LogP) is 1.75. The van der Waals surface area contributed by atoms with E-state index in [0.717, 1.165) is 0 Å². The quantitative estimate of drug-likeness (QED) is 0.795. The first-order valence-corrected chi connectivity index (χ1v) is 7.31. The maximum absolute atomic E-state index is 12.5. The van der Waals surface area contributed by atoms with Crippen molar-refractivity contribution in [3.63, 3.8) is 0 Å². The number of nitrogens with zero attached hydrogens (tertiary/aromatic N) is 2. The van der Waals surface area contributed by atoms with Crippen LogP contribution in [-0.4, -0.2) is 29.7 Å². The minimum Gasteiger partial charge on any atom is -0.463 e. The lowest BCUT2D eigenvalue weighted by molar-refractivity contribution is -0.117.